The molecule has 1 N–H and O–H groups in total. The van der Waals surface area contributed by atoms with E-state index < -0.39 is 12.1 Å². The molecule has 0 saturated carbocycles. The molecule has 12 heteroatoms. The first-order chi connectivity index (χ1) is 16.6. The molecular weight excluding hydrogens is 467 g/mol. The van der Waals surface area contributed by atoms with E-state index in [0.29, 0.717) is 18.8 Å². The van der Waals surface area contributed by atoms with Gasteiger partial charge in [-0.2, -0.15) is 18.3 Å². The Kier molecular flexibility index (Phi) is 7.87. The van der Waals surface area contributed by atoms with Crippen molar-refractivity contribution in [3.05, 3.63) is 72.9 Å². The largest absolute Gasteiger partial charge is 0.490 e. The molecule has 0 unspecified atom stereocenters. The van der Waals surface area contributed by atoms with E-state index in [1.165, 1.54) is 0 Å². The molecule has 0 aliphatic rings. The minimum Gasteiger partial charge on any atom is -0.475 e. The zero-order valence-corrected chi connectivity index (χ0v) is 18.8. The highest BCUT2D eigenvalue weighted by Gasteiger charge is 2.38. The maximum absolute atomic E-state index is 12.8. The van der Waals surface area contributed by atoms with Gasteiger partial charge in [0.05, 0.1) is 12.8 Å². The van der Waals surface area contributed by atoms with Crippen LogP contribution in [0.1, 0.15) is 10.5 Å². The number of hydrogen-bond donors (Lipinski definition) is 1. The number of likely N-dealkylation sites (N-methyl/N-ethyl adjacent to an activating group) is 1. The van der Waals surface area contributed by atoms with E-state index in [1.807, 2.05) is 47.1 Å². The van der Waals surface area contributed by atoms with Crippen molar-refractivity contribution in [2.75, 3.05) is 27.3 Å². The number of fused-ring (bicyclic) bond motifs is 1. The zero-order chi connectivity index (χ0) is 25.6. The Labute approximate surface area is 198 Å². The van der Waals surface area contributed by atoms with Crippen molar-refractivity contribution in [1.82, 2.24) is 24.1 Å². The van der Waals surface area contributed by atoms with Crippen molar-refractivity contribution in [3.63, 3.8) is 0 Å². The van der Waals surface area contributed by atoms with E-state index in [1.54, 1.807) is 42.2 Å². The third-order valence-corrected chi connectivity index (χ3v) is 4.92. The van der Waals surface area contributed by atoms with Crippen LogP contribution in [0.4, 0.5) is 13.2 Å². The summed E-state index contributed by atoms with van der Waals surface area (Å²) in [6.07, 6.45) is 2.18. The summed E-state index contributed by atoms with van der Waals surface area (Å²) in [5.41, 5.74) is 3.59. The predicted molar refractivity (Wildman–Crippen MR) is 120 cm³/mol. The quantitative estimate of drug-likeness (QED) is 0.445. The molecule has 4 aromatic rings. The van der Waals surface area contributed by atoms with Gasteiger partial charge in [0, 0.05) is 50.4 Å². The number of carbonyl (C=O) groups excluding carboxylic acids is 1. The van der Waals surface area contributed by atoms with Crippen LogP contribution in [0.5, 0.6) is 0 Å². The smallest absolute Gasteiger partial charge is 0.475 e. The van der Waals surface area contributed by atoms with Gasteiger partial charge in [0.15, 0.2) is 0 Å². The average molecular weight is 489 g/mol. The summed E-state index contributed by atoms with van der Waals surface area (Å²) in [6.45, 7) is 0.999. The molecule has 0 radical (unpaired) electrons. The number of amides is 1. The number of ether oxygens (including phenoxy) is 1. The Morgan fingerprint density at radius 1 is 1.09 bits per heavy atom. The molecule has 4 aromatic heterocycles. The molecule has 0 aliphatic carbocycles. The molecule has 0 atom stereocenters. The Morgan fingerprint density at radius 2 is 1.80 bits per heavy atom. The molecule has 0 aliphatic heterocycles. The topological polar surface area (TPSA) is 102 Å². The van der Waals surface area contributed by atoms with Gasteiger partial charge in [-0.05, 0) is 35.9 Å². The van der Waals surface area contributed by atoms with Crippen molar-refractivity contribution in [2.24, 2.45) is 0 Å². The number of nitrogens with zero attached hydrogens (tertiary/aromatic N) is 5. The highest BCUT2D eigenvalue weighted by atomic mass is 19.4. The maximum atomic E-state index is 12.8. The summed E-state index contributed by atoms with van der Waals surface area (Å²) in [5, 5.41) is 11.5. The van der Waals surface area contributed by atoms with Crippen LogP contribution in [0.3, 0.4) is 0 Å². The summed E-state index contributed by atoms with van der Waals surface area (Å²) < 4.78 is 40.5. The summed E-state index contributed by atoms with van der Waals surface area (Å²) in [6, 6.07) is 13.7. The van der Waals surface area contributed by atoms with Gasteiger partial charge in [-0.1, -0.05) is 12.1 Å². The third kappa shape index (κ3) is 6.03. The summed E-state index contributed by atoms with van der Waals surface area (Å²) in [4.78, 5) is 27.6. The van der Waals surface area contributed by atoms with E-state index in [0.717, 1.165) is 22.5 Å². The number of carboxylic acid groups (broad SMARTS) is 1. The van der Waals surface area contributed by atoms with Gasteiger partial charge in [-0.25, -0.2) is 9.48 Å². The SMILES string of the molecule is COCCN(C)C(=O)c1ccnn1-c1ccc2ccc(-c3cccnc3)cn12.O=C(O)C(F)(F)F. The molecule has 0 aromatic carbocycles. The number of halogens is 3. The van der Waals surface area contributed by atoms with Crippen molar-refractivity contribution >= 4 is 17.4 Å². The molecule has 0 saturated heterocycles. The second-order valence-corrected chi connectivity index (χ2v) is 7.30. The molecule has 35 heavy (non-hydrogen) atoms. The normalized spacial score (nSPS) is 11.1. The summed E-state index contributed by atoms with van der Waals surface area (Å²) >= 11 is 0. The lowest BCUT2D eigenvalue weighted by Gasteiger charge is -2.17. The van der Waals surface area contributed by atoms with E-state index in [9.17, 15) is 18.0 Å². The molecule has 1 amide bonds. The molecule has 4 heterocycles. The minimum atomic E-state index is -5.08. The van der Waals surface area contributed by atoms with Crippen LogP contribution in [-0.2, 0) is 9.53 Å². The van der Waals surface area contributed by atoms with Crippen LogP contribution in [0.2, 0.25) is 0 Å². The average Bonchev–Trinajstić information content (AvgIpc) is 3.48. The first kappa shape index (κ1) is 25.4. The Morgan fingerprint density at radius 3 is 2.43 bits per heavy atom. The molecule has 184 valence electrons. The van der Waals surface area contributed by atoms with Crippen molar-refractivity contribution < 1.29 is 32.6 Å². The first-order valence-electron chi connectivity index (χ1n) is 10.2. The predicted octanol–water partition coefficient (Wildman–Crippen LogP) is 3.54. The fourth-order valence-corrected chi connectivity index (χ4v) is 3.14. The molecule has 0 spiro atoms. The number of carboxylic acids is 1. The number of aliphatic carboxylic acids is 1. The number of pyridine rings is 2. The van der Waals surface area contributed by atoms with Crippen molar-refractivity contribution in [2.45, 2.75) is 6.18 Å². The van der Waals surface area contributed by atoms with Crippen LogP contribution in [0.15, 0.2) is 67.3 Å². The van der Waals surface area contributed by atoms with Gasteiger partial charge in [0.25, 0.3) is 5.91 Å². The van der Waals surface area contributed by atoms with Crippen LogP contribution < -0.4 is 0 Å². The van der Waals surface area contributed by atoms with E-state index >= 15 is 0 Å². The summed E-state index contributed by atoms with van der Waals surface area (Å²) in [5.74, 6) is -2.06. The lowest BCUT2D eigenvalue weighted by Crippen LogP contribution is -2.31. The van der Waals surface area contributed by atoms with Crippen LogP contribution in [-0.4, -0.2) is 74.5 Å². The Bertz CT molecular complexity index is 1300. The zero-order valence-electron chi connectivity index (χ0n) is 18.8. The number of alkyl halides is 3. The molecule has 4 rings (SSSR count). The fourth-order valence-electron chi connectivity index (χ4n) is 3.14. The van der Waals surface area contributed by atoms with Crippen LogP contribution >= 0.6 is 0 Å². The summed E-state index contributed by atoms with van der Waals surface area (Å²) in [7, 11) is 3.38. The van der Waals surface area contributed by atoms with Crippen molar-refractivity contribution in [1.29, 1.82) is 0 Å². The number of carbonyl (C=O) groups is 2. The van der Waals surface area contributed by atoms with E-state index in [4.69, 9.17) is 14.6 Å². The fraction of sp³-hybridized carbons (Fsp3) is 0.217. The van der Waals surface area contributed by atoms with Crippen molar-refractivity contribution in [3.8, 4) is 16.9 Å². The van der Waals surface area contributed by atoms with Gasteiger partial charge >= 0.3 is 12.1 Å². The van der Waals surface area contributed by atoms with Gasteiger partial charge in [0.2, 0.25) is 0 Å². The number of rotatable bonds is 6. The first-order valence-corrected chi connectivity index (χ1v) is 10.2. The lowest BCUT2D eigenvalue weighted by atomic mass is 10.1. The molecule has 0 fully saturated rings. The van der Waals surface area contributed by atoms with Crippen LogP contribution in [0, 0.1) is 0 Å². The third-order valence-electron chi connectivity index (χ3n) is 4.92. The van der Waals surface area contributed by atoms with Gasteiger partial charge in [0.1, 0.15) is 11.5 Å². The number of aromatic nitrogens is 4. The van der Waals surface area contributed by atoms with Gasteiger partial charge < -0.3 is 19.1 Å². The minimum absolute atomic E-state index is 0.104. The second kappa shape index (κ2) is 10.8. The van der Waals surface area contributed by atoms with E-state index in [-0.39, 0.29) is 5.91 Å². The highest BCUT2D eigenvalue weighted by Crippen LogP contribution is 2.23. The Balaban J connectivity index is 0.000000429. The number of hydrogen-bond acceptors (Lipinski definition) is 5. The monoisotopic (exact) mass is 489 g/mol. The second-order valence-electron chi connectivity index (χ2n) is 7.30. The molecule has 0 bridgehead atoms. The lowest BCUT2D eigenvalue weighted by molar-refractivity contribution is -0.192. The standard InChI is InChI=1S/C21H21N5O2.C2HF3O2/c1-24(12-13-28-2)21(27)19-9-11-23-26(19)20-8-7-18-6-5-17(15-25(18)20)16-4-3-10-22-14-16;3-2(4,5)1(6)7/h3-11,14-15H,12-13H2,1-2H3;(H,6,7). The maximum Gasteiger partial charge on any atom is 0.490 e. The van der Waals surface area contributed by atoms with E-state index in [2.05, 4.69) is 16.1 Å². The molecule has 9 nitrogen and oxygen atoms in total. The highest BCUT2D eigenvalue weighted by molar-refractivity contribution is 5.93. The number of methoxy groups -OCH3 is 1. The Hall–Kier alpha value is -4.19. The van der Waals surface area contributed by atoms with Crippen LogP contribution in [0.25, 0.3) is 22.5 Å². The molecular formula is C23H22F3N5O4. The van der Waals surface area contributed by atoms with Gasteiger partial charge in [-0.3, -0.25) is 9.78 Å². The van der Waals surface area contributed by atoms with Gasteiger partial charge in [-0.15, -0.1) is 0 Å².